The molecule has 1 atom stereocenters. The fourth-order valence-corrected chi connectivity index (χ4v) is 7.69. The molecule has 0 spiro atoms. The molecule has 0 bridgehead atoms. The van der Waals surface area contributed by atoms with Crippen molar-refractivity contribution in [2.24, 2.45) is 5.73 Å². The predicted octanol–water partition coefficient (Wildman–Crippen LogP) is 2.91. The van der Waals surface area contributed by atoms with Crippen LogP contribution in [0.3, 0.4) is 0 Å². The van der Waals surface area contributed by atoms with Gasteiger partial charge in [-0.15, -0.1) is 0 Å². The highest BCUT2D eigenvalue weighted by atomic mass is 28.4. The first-order valence-electron chi connectivity index (χ1n) is 7.88. The van der Waals surface area contributed by atoms with E-state index in [1.54, 1.807) is 0 Å². The van der Waals surface area contributed by atoms with Gasteiger partial charge in [0.05, 0.1) is 0 Å². The number of benzene rings is 2. The maximum atomic E-state index is 6.64. The first kappa shape index (κ1) is 16.9. The van der Waals surface area contributed by atoms with Crippen LogP contribution in [0.1, 0.15) is 27.7 Å². The maximum Gasteiger partial charge on any atom is 0.261 e. The van der Waals surface area contributed by atoms with Gasteiger partial charge in [-0.25, -0.2) is 0 Å². The topological polar surface area (TPSA) is 35.2 Å². The Morgan fingerprint density at radius 2 is 1.32 bits per heavy atom. The lowest BCUT2D eigenvalue weighted by Crippen LogP contribution is -2.67. The highest BCUT2D eigenvalue weighted by Crippen LogP contribution is 2.36. The molecule has 22 heavy (non-hydrogen) atoms. The van der Waals surface area contributed by atoms with Gasteiger partial charge in [-0.05, 0) is 22.3 Å². The van der Waals surface area contributed by atoms with Crippen LogP contribution >= 0.6 is 0 Å². The molecule has 0 aromatic heterocycles. The monoisotopic (exact) mass is 313 g/mol. The van der Waals surface area contributed by atoms with Gasteiger partial charge < -0.3 is 10.2 Å². The van der Waals surface area contributed by atoms with Gasteiger partial charge >= 0.3 is 0 Å². The van der Waals surface area contributed by atoms with Gasteiger partial charge in [-0.1, -0.05) is 81.4 Å². The number of hydrogen-bond donors (Lipinski definition) is 1. The second-order valence-corrected chi connectivity index (χ2v) is 11.3. The van der Waals surface area contributed by atoms with E-state index in [1.165, 1.54) is 10.4 Å². The standard InChI is InChI=1S/C19H27NOSi/c1-16(20)15-21-22(19(2,3)4,17-11-7-5-8-12-17)18-13-9-6-10-14-18/h5-14,16H,15,20H2,1-4H3/t16-/m1/s1. The summed E-state index contributed by atoms with van der Waals surface area (Å²) in [6.45, 7) is 9.41. The van der Waals surface area contributed by atoms with Crippen molar-refractivity contribution in [2.75, 3.05) is 6.61 Å². The fourth-order valence-electron chi connectivity index (χ4n) is 3.02. The van der Waals surface area contributed by atoms with E-state index in [0.29, 0.717) is 6.61 Å². The largest absolute Gasteiger partial charge is 0.406 e. The normalized spacial score (nSPS) is 13.9. The summed E-state index contributed by atoms with van der Waals surface area (Å²) in [5, 5.41) is 2.62. The zero-order valence-electron chi connectivity index (χ0n) is 14.0. The molecular weight excluding hydrogens is 286 g/mol. The van der Waals surface area contributed by atoms with E-state index < -0.39 is 8.32 Å². The summed E-state index contributed by atoms with van der Waals surface area (Å²) >= 11 is 0. The molecule has 0 aliphatic carbocycles. The molecule has 0 radical (unpaired) electrons. The van der Waals surface area contributed by atoms with E-state index in [2.05, 4.69) is 81.4 Å². The molecule has 2 N–H and O–H groups in total. The summed E-state index contributed by atoms with van der Waals surface area (Å²) in [6, 6.07) is 21.3. The van der Waals surface area contributed by atoms with E-state index >= 15 is 0 Å². The minimum Gasteiger partial charge on any atom is -0.406 e. The maximum absolute atomic E-state index is 6.64. The lowest BCUT2D eigenvalue weighted by molar-refractivity contribution is 0.278. The summed E-state index contributed by atoms with van der Waals surface area (Å²) < 4.78 is 6.64. The lowest BCUT2D eigenvalue weighted by atomic mass is 10.2. The van der Waals surface area contributed by atoms with Gasteiger partial charge in [-0.2, -0.15) is 0 Å². The van der Waals surface area contributed by atoms with Crippen LogP contribution in [0.2, 0.25) is 5.04 Å². The predicted molar refractivity (Wildman–Crippen MR) is 97.2 cm³/mol. The summed E-state index contributed by atoms with van der Waals surface area (Å²) in [5.74, 6) is 0. The van der Waals surface area contributed by atoms with Crippen LogP contribution in [0.5, 0.6) is 0 Å². The van der Waals surface area contributed by atoms with Gasteiger partial charge in [0.25, 0.3) is 8.32 Å². The van der Waals surface area contributed by atoms with E-state index in [0.717, 1.165) is 0 Å². The zero-order valence-corrected chi connectivity index (χ0v) is 15.0. The van der Waals surface area contributed by atoms with Crippen LogP contribution in [0.4, 0.5) is 0 Å². The molecule has 0 saturated heterocycles. The van der Waals surface area contributed by atoms with Crippen LogP contribution in [0.15, 0.2) is 60.7 Å². The Balaban J connectivity index is 2.64. The highest BCUT2D eigenvalue weighted by molar-refractivity contribution is 6.99. The Kier molecular flexibility index (Phi) is 5.22. The van der Waals surface area contributed by atoms with Crippen LogP contribution in [0, 0.1) is 0 Å². The SMILES string of the molecule is C[C@@H](N)CO[Si](c1ccccc1)(c1ccccc1)C(C)(C)C. The van der Waals surface area contributed by atoms with Crippen molar-refractivity contribution < 1.29 is 4.43 Å². The van der Waals surface area contributed by atoms with Crippen molar-refractivity contribution in [3.63, 3.8) is 0 Å². The second kappa shape index (κ2) is 6.78. The Morgan fingerprint density at radius 3 is 1.64 bits per heavy atom. The Morgan fingerprint density at radius 1 is 0.909 bits per heavy atom. The summed E-state index contributed by atoms with van der Waals surface area (Å²) in [5.41, 5.74) is 6.00. The highest BCUT2D eigenvalue weighted by Gasteiger charge is 2.50. The first-order valence-corrected chi connectivity index (χ1v) is 9.79. The molecule has 3 heteroatoms. The molecule has 0 unspecified atom stereocenters. The van der Waals surface area contributed by atoms with Crippen molar-refractivity contribution in [1.82, 2.24) is 0 Å². The van der Waals surface area contributed by atoms with Gasteiger partial charge in [0, 0.05) is 12.6 Å². The minimum absolute atomic E-state index is 0.0184. The minimum atomic E-state index is -2.39. The molecule has 2 rings (SSSR count). The quantitative estimate of drug-likeness (QED) is 0.862. The van der Waals surface area contributed by atoms with Crippen molar-refractivity contribution in [1.29, 1.82) is 0 Å². The third kappa shape index (κ3) is 3.32. The Hall–Kier alpha value is -1.42. The molecule has 0 heterocycles. The molecule has 2 nitrogen and oxygen atoms in total. The van der Waals surface area contributed by atoms with Gasteiger partial charge in [0.15, 0.2) is 0 Å². The van der Waals surface area contributed by atoms with E-state index in [1.807, 2.05) is 6.92 Å². The van der Waals surface area contributed by atoms with E-state index in [9.17, 15) is 0 Å². The number of rotatable bonds is 5. The molecule has 0 aliphatic rings. The molecule has 0 fully saturated rings. The van der Waals surface area contributed by atoms with Crippen LogP contribution in [-0.2, 0) is 4.43 Å². The molecule has 0 saturated carbocycles. The van der Waals surface area contributed by atoms with Crippen LogP contribution in [-0.4, -0.2) is 21.0 Å². The van der Waals surface area contributed by atoms with Crippen molar-refractivity contribution >= 4 is 18.7 Å². The number of nitrogens with two attached hydrogens (primary N) is 1. The lowest BCUT2D eigenvalue weighted by Gasteiger charge is -2.43. The van der Waals surface area contributed by atoms with E-state index in [4.69, 9.17) is 10.2 Å². The summed E-state index contributed by atoms with van der Waals surface area (Å²) in [6.07, 6.45) is 0. The Bertz CT molecular complexity index is 536. The molecular formula is C19H27NOSi. The molecule has 2 aromatic rings. The summed E-state index contributed by atoms with van der Waals surface area (Å²) in [4.78, 5) is 0. The molecule has 0 aliphatic heterocycles. The van der Waals surface area contributed by atoms with Gasteiger partial charge in [0.2, 0.25) is 0 Å². The van der Waals surface area contributed by atoms with Crippen LogP contribution in [0.25, 0.3) is 0 Å². The zero-order chi connectivity index (χ0) is 16.2. The molecule has 118 valence electrons. The van der Waals surface area contributed by atoms with Crippen molar-refractivity contribution in [2.45, 2.75) is 38.8 Å². The number of hydrogen-bond acceptors (Lipinski definition) is 2. The van der Waals surface area contributed by atoms with E-state index in [-0.39, 0.29) is 11.1 Å². The summed E-state index contributed by atoms with van der Waals surface area (Å²) in [7, 11) is -2.39. The fraction of sp³-hybridized carbons (Fsp3) is 0.368. The van der Waals surface area contributed by atoms with Gasteiger partial charge in [0.1, 0.15) is 0 Å². The smallest absolute Gasteiger partial charge is 0.261 e. The average Bonchev–Trinajstić information content (AvgIpc) is 2.48. The van der Waals surface area contributed by atoms with Crippen molar-refractivity contribution in [3.05, 3.63) is 60.7 Å². The molecule has 0 amide bonds. The Labute approximate surface area is 135 Å². The first-order chi connectivity index (χ1) is 10.4. The van der Waals surface area contributed by atoms with Gasteiger partial charge in [-0.3, -0.25) is 0 Å². The third-order valence-corrected chi connectivity index (χ3v) is 8.98. The second-order valence-electron chi connectivity index (χ2n) is 6.95. The van der Waals surface area contributed by atoms with Crippen molar-refractivity contribution in [3.8, 4) is 0 Å². The average molecular weight is 314 g/mol. The molecule has 2 aromatic carbocycles. The van der Waals surface area contributed by atoms with Crippen LogP contribution < -0.4 is 16.1 Å². The third-order valence-electron chi connectivity index (χ3n) is 3.98.